The minimum Gasteiger partial charge on any atom is -0.344 e. The van der Waals surface area contributed by atoms with Crippen LogP contribution < -0.4 is 0 Å². The van der Waals surface area contributed by atoms with Gasteiger partial charge in [-0.15, -0.1) is 0 Å². The van der Waals surface area contributed by atoms with Crippen LogP contribution in [0.4, 0.5) is 0 Å². The van der Waals surface area contributed by atoms with Crippen molar-refractivity contribution >= 4 is 5.78 Å². The maximum atomic E-state index is 12.6. The molecule has 2 heterocycles. The highest BCUT2D eigenvalue weighted by molar-refractivity contribution is 5.99. The molecule has 0 radical (unpaired) electrons. The van der Waals surface area contributed by atoms with Gasteiger partial charge in [-0.05, 0) is 31.0 Å². The summed E-state index contributed by atoms with van der Waals surface area (Å²) in [5.74, 6) is 6.54. The van der Waals surface area contributed by atoms with E-state index >= 15 is 0 Å². The Morgan fingerprint density at radius 1 is 1.10 bits per heavy atom. The number of nitrogens with zero attached hydrogens (tertiary/aromatic N) is 1. The van der Waals surface area contributed by atoms with Gasteiger partial charge < -0.3 is 4.57 Å². The fraction of sp³-hybridized carbons (Fsp3) is 0.316. The number of hydrogen-bond donors (Lipinski definition) is 0. The molecule has 2 heteroatoms. The molecule has 0 unspecified atom stereocenters. The average Bonchev–Trinajstić information content (AvgIpc) is 2.84. The monoisotopic (exact) mass is 277 g/mol. The largest absolute Gasteiger partial charge is 0.344 e. The van der Waals surface area contributed by atoms with Crippen LogP contribution in [0.25, 0.3) is 0 Å². The van der Waals surface area contributed by atoms with Gasteiger partial charge in [0.15, 0.2) is 5.78 Å². The number of carbonyl (C=O) groups excluding carboxylic acids is 1. The Labute approximate surface area is 125 Å². The number of benzene rings is 1. The van der Waals surface area contributed by atoms with E-state index < -0.39 is 0 Å². The van der Waals surface area contributed by atoms with E-state index in [1.54, 1.807) is 0 Å². The van der Waals surface area contributed by atoms with Crippen LogP contribution in [-0.4, -0.2) is 10.4 Å². The number of Topliss-reactive ketones (excluding diaryl/α,β-unsaturated/α-hetero) is 1. The van der Waals surface area contributed by atoms with Crippen LogP contribution in [0.5, 0.6) is 0 Å². The third-order valence-corrected chi connectivity index (χ3v) is 4.07. The van der Waals surface area contributed by atoms with Crippen LogP contribution in [0.3, 0.4) is 0 Å². The van der Waals surface area contributed by atoms with Crippen LogP contribution in [0, 0.1) is 17.3 Å². The van der Waals surface area contributed by atoms with Crippen molar-refractivity contribution in [1.82, 2.24) is 4.57 Å². The fourth-order valence-electron chi connectivity index (χ4n) is 2.77. The minimum absolute atomic E-state index is 0.229. The predicted molar refractivity (Wildman–Crippen MR) is 84.2 cm³/mol. The molecule has 1 aliphatic rings. The van der Waals surface area contributed by atoms with Crippen LogP contribution in [-0.2, 0) is 6.54 Å². The summed E-state index contributed by atoms with van der Waals surface area (Å²) in [6.45, 7) is 4.97. The molecule has 0 amide bonds. The van der Waals surface area contributed by atoms with Gasteiger partial charge in [-0.2, -0.15) is 0 Å². The van der Waals surface area contributed by atoms with Crippen molar-refractivity contribution in [3.05, 3.63) is 59.4 Å². The molecule has 0 fully saturated rings. The zero-order valence-electron chi connectivity index (χ0n) is 12.5. The quantitative estimate of drug-likeness (QED) is 0.670. The molecule has 0 spiro atoms. The SMILES string of the molecule is CC1(C)CCCn2cc(C#Cc3ccccc3)cc2C1=O. The van der Waals surface area contributed by atoms with Gasteiger partial charge in [0.2, 0.25) is 0 Å². The van der Waals surface area contributed by atoms with Gasteiger partial charge in [-0.3, -0.25) is 4.79 Å². The van der Waals surface area contributed by atoms with Crippen molar-refractivity contribution in [2.24, 2.45) is 5.41 Å². The van der Waals surface area contributed by atoms with E-state index in [4.69, 9.17) is 0 Å². The summed E-state index contributed by atoms with van der Waals surface area (Å²) >= 11 is 0. The lowest BCUT2D eigenvalue weighted by Crippen LogP contribution is -2.23. The number of fused-ring (bicyclic) bond motifs is 1. The first-order chi connectivity index (χ1) is 10.1. The first-order valence-electron chi connectivity index (χ1n) is 7.38. The molecule has 2 nitrogen and oxygen atoms in total. The summed E-state index contributed by atoms with van der Waals surface area (Å²) in [5.41, 5.74) is 2.44. The topological polar surface area (TPSA) is 22.0 Å². The molecule has 1 aromatic carbocycles. The molecule has 0 bridgehead atoms. The summed E-state index contributed by atoms with van der Waals surface area (Å²) in [6, 6.07) is 11.8. The second-order valence-electron chi connectivity index (χ2n) is 6.24. The highest BCUT2D eigenvalue weighted by atomic mass is 16.1. The maximum Gasteiger partial charge on any atom is 0.184 e. The third kappa shape index (κ3) is 2.78. The average molecular weight is 277 g/mol. The van der Waals surface area contributed by atoms with Gasteiger partial charge in [0.1, 0.15) is 0 Å². The molecule has 3 rings (SSSR count). The summed E-state index contributed by atoms with van der Waals surface area (Å²) in [5, 5.41) is 0. The Balaban J connectivity index is 1.93. The van der Waals surface area contributed by atoms with Crippen molar-refractivity contribution in [2.45, 2.75) is 33.2 Å². The van der Waals surface area contributed by atoms with E-state index in [9.17, 15) is 4.79 Å². The van der Waals surface area contributed by atoms with Gasteiger partial charge >= 0.3 is 0 Å². The zero-order valence-corrected chi connectivity index (χ0v) is 12.5. The van der Waals surface area contributed by atoms with Crippen molar-refractivity contribution in [2.75, 3.05) is 0 Å². The van der Waals surface area contributed by atoms with E-state index in [0.29, 0.717) is 0 Å². The summed E-state index contributed by atoms with van der Waals surface area (Å²) in [6.07, 6.45) is 3.98. The molecule has 1 aromatic heterocycles. The third-order valence-electron chi connectivity index (χ3n) is 4.07. The molecule has 0 saturated carbocycles. The van der Waals surface area contributed by atoms with E-state index in [-0.39, 0.29) is 11.2 Å². The molecule has 106 valence electrons. The molecule has 0 atom stereocenters. The zero-order chi connectivity index (χ0) is 14.9. The van der Waals surface area contributed by atoms with Crippen molar-refractivity contribution < 1.29 is 4.79 Å². The Hall–Kier alpha value is -2.27. The number of aromatic nitrogens is 1. The maximum absolute atomic E-state index is 12.6. The predicted octanol–water partition coefficient (Wildman–Crippen LogP) is 3.89. The van der Waals surface area contributed by atoms with Gasteiger partial charge in [-0.1, -0.05) is 43.9 Å². The Bertz CT molecular complexity index is 726. The lowest BCUT2D eigenvalue weighted by atomic mass is 9.83. The number of carbonyl (C=O) groups is 1. The second kappa shape index (κ2) is 5.26. The van der Waals surface area contributed by atoms with Crippen LogP contribution >= 0.6 is 0 Å². The van der Waals surface area contributed by atoms with E-state index in [1.165, 1.54) is 0 Å². The number of ketones is 1. The molecule has 21 heavy (non-hydrogen) atoms. The van der Waals surface area contributed by atoms with Crippen molar-refractivity contribution in [3.63, 3.8) is 0 Å². The first-order valence-corrected chi connectivity index (χ1v) is 7.38. The first kappa shape index (κ1) is 13.7. The van der Waals surface area contributed by atoms with Crippen LogP contribution in [0.1, 0.15) is 48.3 Å². The minimum atomic E-state index is -0.267. The van der Waals surface area contributed by atoms with Gasteiger partial charge in [-0.25, -0.2) is 0 Å². The normalized spacial score (nSPS) is 16.6. The molecule has 0 aliphatic carbocycles. The standard InChI is InChI=1S/C19H19NO/c1-19(2)11-6-12-20-14-16(13-17(20)18(19)21)10-9-15-7-4-3-5-8-15/h3-5,7-8,13-14H,6,11-12H2,1-2H3. The van der Waals surface area contributed by atoms with E-state index in [2.05, 4.69) is 16.4 Å². The van der Waals surface area contributed by atoms with Gasteiger partial charge in [0.25, 0.3) is 0 Å². The molecule has 1 aliphatic heterocycles. The Morgan fingerprint density at radius 2 is 1.81 bits per heavy atom. The summed E-state index contributed by atoms with van der Waals surface area (Å²) in [4.78, 5) is 12.6. The second-order valence-corrected chi connectivity index (χ2v) is 6.24. The Kier molecular flexibility index (Phi) is 3.43. The smallest absolute Gasteiger partial charge is 0.184 e. The van der Waals surface area contributed by atoms with Crippen molar-refractivity contribution in [1.29, 1.82) is 0 Å². The van der Waals surface area contributed by atoms with Crippen molar-refractivity contribution in [3.8, 4) is 11.8 Å². The number of rotatable bonds is 0. The summed E-state index contributed by atoms with van der Waals surface area (Å²) < 4.78 is 2.06. The molecule has 0 saturated heterocycles. The fourth-order valence-corrected chi connectivity index (χ4v) is 2.77. The molecule has 2 aromatic rings. The molecule has 0 N–H and O–H groups in total. The number of aryl methyl sites for hydroxylation is 1. The highest BCUT2D eigenvalue weighted by Crippen LogP contribution is 2.31. The molecular weight excluding hydrogens is 258 g/mol. The highest BCUT2D eigenvalue weighted by Gasteiger charge is 2.32. The van der Waals surface area contributed by atoms with E-state index in [1.807, 2.05) is 56.4 Å². The lowest BCUT2D eigenvalue weighted by molar-refractivity contribution is 0.0827. The van der Waals surface area contributed by atoms with E-state index in [0.717, 1.165) is 36.2 Å². The molecular formula is C19H19NO. The Morgan fingerprint density at radius 3 is 2.57 bits per heavy atom. The lowest BCUT2D eigenvalue weighted by Gasteiger charge is -2.19. The van der Waals surface area contributed by atoms with Gasteiger partial charge in [0, 0.05) is 29.3 Å². The van der Waals surface area contributed by atoms with Crippen LogP contribution in [0.15, 0.2) is 42.6 Å². The summed E-state index contributed by atoms with van der Waals surface area (Å²) in [7, 11) is 0. The number of hydrogen-bond acceptors (Lipinski definition) is 1. The van der Waals surface area contributed by atoms with Crippen LogP contribution in [0.2, 0.25) is 0 Å². The van der Waals surface area contributed by atoms with Gasteiger partial charge in [0.05, 0.1) is 5.69 Å².